The van der Waals surface area contributed by atoms with E-state index >= 15 is 0 Å². The Balaban J connectivity index is 1.81. The van der Waals surface area contributed by atoms with Crippen LogP contribution < -0.4 is 9.47 Å². The van der Waals surface area contributed by atoms with Crippen molar-refractivity contribution in [2.45, 2.75) is 65.1 Å². The van der Waals surface area contributed by atoms with Gasteiger partial charge in [-0.25, -0.2) is 4.79 Å². The summed E-state index contributed by atoms with van der Waals surface area (Å²) in [4.78, 5) is 22.2. The van der Waals surface area contributed by atoms with Crippen LogP contribution in [-0.4, -0.2) is 73.4 Å². The minimum Gasteiger partial charge on any atom is -0.493 e. The number of fused-ring (bicyclic) bond motifs is 3. The molecule has 6 nitrogen and oxygen atoms in total. The van der Waals surface area contributed by atoms with E-state index in [1.54, 1.807) is 7.11 Å². The molecule has 0 radical (unpaired) electrons. The van der Waals surface area contributed by atoms with Crippen LogP contribution in [0.5, 0.6) is 11.5 Å². The first-order valence-corrected chi connectivity index (χ1v) is 12.8. The topological polar surface area (TPSA) is 54.4 Å². The number of hydrogen-bond acceptors (Lipinski definition) is 6. The van der Waals surface area contributed by atoms with E-state index in [1.165, 1.54) is 5.56 Å². The third-order valence-corrected chi connectivity index (χ3v) is 7.32. The predicted molar refractivity (Wildman–Crippen MR) is 141 cm³/mol. The first-order valence-electron chi connectivity index (χ1n) is 12.8. The summed E-state index contributed by atoms with van der Waals surface area (Å²) in [5.41, 5.74) is 4.87. The van der Waals surface area contributed by atoms with Crippen LogP contribution in [0.2, 0.25) is 0 Å². The Labute approximate surface area is 210 Å². The van der Waals surface area contributed by atoms with Gasteiger partial charge >= 0.3 is 0 Å². The molecular formula is C29H39N3O3. The van der Waals surface area contributed by atoms with Crippen LogP contribution >= 0.6 is 0 Å². The SMILES string of the molecule is CCOc1cc2c(cc1OC)C(C1C=CC(N(C(C)C)C(C)C)=CC1=C=O)=N[C@@H]1CCN(C)C[C@H]21. The van der Waals surface area contributed by atoms with E-state index in [1.807, 2.05) is 19.1 Å². The molecule has 3 atom stereocenters. The van der Waals surface area contributed by atoms with Gasteiger partial charge in [-0.05, 0) is 84.5 Å². The van der Waals surface area contributed by atoms with Gasteiger partial charge in [0.05, 0.1) is 37.0 Å². The van der Waals surface area contributed by atoms with Gasteiger partial charge in [0.15, 0.2) is 11.5 Å². The van der Waals surface area contributed by atoms with Crippen LogP contribution in [0.1, 0.15) is 58.1 Å². The summed E-state index contributed by atoms with van der Waals surface area (Å²) in [5.74, 6) is 3.76. The zero-order chi connectivity index (χ0) is 25.3. The monoisotopic (exact) mass is 477 g/mol. The van der Waals surface area contributed by atoms with E-state index in [4.69, 9.17) is 14.5 Å². The Morgan fingerprint density at radius 3 is 2.57 bits per heavy atom. The van der Waals surface area contributed by atoms with Gasteiger partial charge in [-0.3, -0.25) is 4.99 Å². The highest BCUT2D eigenvalue weighted by Crippen LogP contribution is 2.43. The van der Waals surface area contributed by atoms with Crippen LogP contribution in [-0.2, 0) is 4.79 Å². The van der Waals surface area contributed by atoms with Crippen molar-refractivity contribution in [3.05, 3.63) is 52.8 Å². The number of piperidine rings is 1. The summed E-state index contributed by atoms with van der Waals surface area (Å²) < 4.78 is 11.6. The molecule has 3 aliphatic rings. The number of likely N-dealkylation sites (N-methyl/N-ethyl adjacent to an activating group) is 1. The normalized spacial score (nSPS) is 23.9. The van der Waals surface area contributed by atoms with Crippen molar-refractivity contribution < 1.29 is 14.3 Å². The van der Waals surface area contributed by atoms with Gasteiger partial charge in [0, 0.05) is 35.8 Å². The Kier molecular flexibility index (Phi) is 7.53. The highest BCUT2D eigenvalue weighted by atomic mass is 16.5. The number of ether oxygens (including phenoxy) is 2. The minimum atomic E-state index is -0.237. The summed E-state index contributed by atoms with van der Waals surface area (Å²) in [7, 11) is 3.83. The summed E-state index contributed by atoms with van der Waals surface area (Å²) in [6.45, 7) is 13.2. The van der Waals surface area contributed by atoms with Crippen molar-refractivity contribution in [3.63, 3.8) is 0 Å². The summed E-state index contributed by atoms with van der Waals surface area (Å²) in [6, 6.07) is 5.02. The predicted octanol–water partition coefficient (Wildman–Crippen LogP) is 4.63. The summed E-state index contributed by atoms with van der Waals surface area (Å²) >= 11 is 0. The van der Waals surface area contributed by atoms with Crippen molar-refractivity contribution in [3.8, 4) is 11.5 Å². The second kappa shape index (κ2) is 10.4. The zero-order valence-corrected chi connectivity index (χ0v) is 22.2. The first kappa shape index (κ1) is 25.3. The highest BCUT2D eigenvalue weighted by Gasteiger charge is 2.38. The molecule has 1 aromatic rings. The van der Waals surface area contributed by atoms with Gasteiger partial charge in [0.25, 0.3) is 0 Å². The number of nitrogens with zero attached hydrogens (tertiary/aromatic N) is 3. The Bertz CT molecular complexity index is 1090. The Hall–Kier alpha value is -2.82. The molecule has 35 heavy (non-hydrogen) atoms. The average Bonchev–Trinajstić information content (AvgIpc) is 2.83. The quantitative estimate of drug-likeness (QED) is 0.536. The molecule has 1 aliphatic carbocycles. The molecule has 0 amide bonds. The van der Waals surface area contributed by atoms with Crippen LogP contribution in [0.3, 0.4) is 0 Å². The van der Waals surface area contributed by atoms with E-state index in [0.29, 0.717) is 30.0 Å². The number of hydrogen-bond donors (Lipinski definition) is 0. The lowest BCUT2D eigenvalue weighted by Gasteiger charge is -2.41. The van der Waals surface area contributed by atoms with Gasteiger partial charge in [-0.2, -0.15) is 0 Å². The lowest BCUT2D eigenvalue weighted by atomic mass is 9.76. The second-order valence-corrected chi connectivity index (χ2v) is 10.3. The van der Waals surface area contributed by atoms with Crippen LogP contribution in [0.4, 0.5) is 0 Å². The maximum Gasteiger partial charge on any atom is 0.161 e. The number of benzene rings is 1. The van der Waals surface area contributed by atoms with E-state index < -0.39 is 0 Å². The first-order chi connectivity index (χ1) is 16.8. The maximum atomic E-state index is 12.3. The standard InChI is InChI=1S/C29H39N3O3/c1-8-35-28-14-23-24(15-27(28)34-7)29(30-26-11-12-31(6)16-25(23)26)22-10-9-21(13-20(22)17-33)32(18(2)3)19(4)5/h9-10,13-15,18-19,22,25-26H,8,11-12,16H2,1-7H3/t22?,25-,26-/m1/s1. The van der Waals surface area contributed by atoms with Gasteiger partial charge in [0.2, 0.25) is 0 Å². The van der Waals surface area contributed by atoms with Crippen molar-refractivity contribution in [1.82, 2.24) is 9.80 Å². The molecular weight excluding hydrogens is 438 g/mol. The van der Waals surface area contributed by atoms with Gasteiger partial charge in [-0.1, -0.05) is 6.08 Å². The van der Waals surface area contributed by atoms with Crippen molar-refractivity contribution in [2.75, 3.05) is 33.9 Å². The molecule has 0 N–H and O–H groups in total. The van der Waals surface area contributed by atoms with Crippen molar-refractivity contribution >= 4 is 11.7 Å². The number of carbonyl (C=O) groups excluding carboxylic acids is 1. The van der Waals surface area contributed by atoms with Crippen LogP contribution in [0, 0.1) is 5.92 Å². The highest BCUT2D eigenvalue weighted by molar-refractivity contribution is 6.09. The molecule has 0 spiro atoms. The smallest absolute Gasteiger partial charge is 0.161 e. The minimum absolute atomic E-state index is 0.186. The fraction of sp³-hybridized carbons (Fsp3) is 0.552. The molecule has 188 valence electrons. The van der Waals surface area contributed by atoms with Crippen LogP contribution in [0.15, 0.2) is 46.6 Å². The lowest BCUT2D eigenvalue weighted by molar-refractivity contribution is 0.226. The maximum absolute atomic E-state index is 12.3. The number of likely N-dealkylation sites (tertiary alicyclic amines) is 1. The van der Waals surface area contributed by atoms with Gasteiger partial charge in [0.1, 0.15) is 5.94 Å². The van der Waals surface area contributed by atoms with Gasteiger partial charge in [-0.15, -0.1) is 0 Å². The van der Waals surface area contributed by atoms with E-state index in [-0.39, 0.29) is 17.9 Å². The number of allylic oxidation sites excluding steroid dienone is 4. The molecule has 1 fully saturated rings. The van der Waals surface area contributed by atoms with E-state index in [0.717, 1.165) is 42.2 Å². The average molecular weight is 478 g/mol. The van der Waals surface area contributed by atoms with E-state index in [2.05, 4.69) is 68.7 Å². The zero-order valence-electron chi connectivity index (χ0n) is 22.2. The molecule has 6 heteroatoms. The number of methoxy groups -OCH3 is 1. The molecule has 2 aliphatic heterocycles. The fourth-order valence-electron chi connectivity index (χ4n) is 5.87. The molecule has 1 unspecified atom stereocenters. The number of rotatable bonds is 7. The molecule has 0 aromatic heterocycles. The molecule has 1 saturated heterocycles. The Morgan fingerprint density at radius 2 is 1.94 bits per heavy atom. The third-order valence-electron chi connectivity index (χ3n) is 7.32. The molecule has 1 aromatic carbocycles. The fourth-order valence-corrected chi connectivity index (χ4v) is 5.87. The largest absolute Gasteiger partial charge is 0.493 e. The van der Waals surface area contributed by atoms with Crippen molar-refractivity contribution in [2.24, 2.45) is 10.9 Å². The van der Waals surface area contributed by atoms with Crippen LogP contribution in [0.25, 0.3) is 0 Å². The number of aliphatic imine (C=N–C) groups is 1. The molecule has 0 bridgehead atoms. The van der Waals surface area contributed by atoms with Crippen molar-refractivity contribution in [1.29, 1.82) is 0 Å². The third kappa shape index (κ3) is 4.82. The second-order valence-electron chi connectivity index (χ2n) is 10.3. The van der Waals surface area contributed by atoms with Gasteiger partial charge < -0.3 is 19.3 Å². The molecule has 4 rings (SSSR count). The summed E-state index contributed by atoms with van der Waals surface area (Å²) in [6.07, 6.45) is 7.24. The Morgan fingerprint density at radius 1 is 1.20 bits per heavy atom. The molecule has 2 heterocycles. The molecule has 0 saturated carbocycles. The van der Waals surface area contributed by atoms with E-state index in [9.17, 15) is 4.79 Å². The lowest BCUT2D eigenvalue weighted by Crippen LogP contribution is -2.43. The summed E-state index contributed by atoms with van der Waals surface area (Å²) in [5, 5.41) is 0.